The molecule has 3 aromatic rings. The SMILES string of the molecule is C=Cc1ccn(NC(=O)c2cc(F)ccc2C)c1C=C(C)n1ccc(CC2CCCNCCC2)n1. The summed E-state index contributed by atoms with van der Waals surface area (Å²) in [5, 5.41) is 8.30. The number of halogens is 1. The molecule has 0 spiro atoms. The van der Waals surface area contributed by atoms with Gasteiger partial charge in [-0.25, -0.2) is 9.07 Å². The normalized spacial score (nSPS) is 15.5. The van der Waals surface area contributed by atoms with Crippen LogP contribution in [0.25, 0.3) is 17.8 Å². The number of nitrogens with one attached hydrogen (secondary N) is 2. The van der Waals surface area contributed by atoms with Gasteiger partial charge in [0.1, 0.15) is 5.82 Å². The second-order valence-electron chi connectivity index (χ2n) is 9.27. The molecular formula is C28H34FN5O. The van der Waals surface area contributed by atoms with E-state index < -0.39 is 5.82 Å². The first-order valence-corrected chi connectivity index (χ1v) is 12.3. The maximum Gasteiger partial charge on any atom is 0.270 e. The number of carbonyl (C=O) groups is 1. The van der Waals surface area contributed by atoms with Crippen molar-refractivity contribution in [1.82, 2.24) is 19.8 Å². The molecule has 1 aromatic carbocycles. The summed E-state index contributed by atoms with van der Waals surface area (Å²) in [6.07, 6.45) is 13.4. The molecule has 1 aliphatic heterocycles. The third-order valence-electron chi connectivity index (χ3n) is 6.63. The summed E-state index contributed by atoms with van der Waals surface area (Å²) < 4.78 is 17.2. The van der Waals surface area contributed by atoms with Crippen LogP contribution in [0.15, 0.2) is 49.3 Å². The zero-order chi connectivity index (χ0) is 24.8. The van der Waals surface area contributed by atoms with E-state index >= 15 is 0 Å². The van der Waals surface area contributed by atoms with Gasteiger partial charge in [-0.3, -0.25) is 14.9 Å². The first-order chi connectivity index (χ1) is 16.9. The van der Waals surface area contributed by atoms with Crippen LogP contribution in [0.1, 0.15) is 65.5 Å². The molecule has 0 bridgehead atoms. The molecule has 2 aromatic heterocycles. The van der Waals surface area contributed by atoms with Gasteiger partial charge in [0.2, 0.25) is 0 Å². The Balaban J connectivity index is 1.52. The van der Waals surface area contributed by atoms with Crippen LogP contribution in [0.2, 0.25) is 0 Å². The van der Waals surface area contributed by atoms with Crippen LogP contribution in [0.4, 0.5) is 4.39 Å². The fourth-order valence-corrected chi connectivity index (χ4v) is 4.62. The summed E-state index contributed by atoms with van der Waals surface area (Å²) in [5.41, 5.74) is 7.52. The smallest absolute Gasteiger partial charge is 0.270 e. The van der Waals surface area contributed by atoms with Crippen molar-refractivity contribution in [3.8, 4) is 0 Å². The highest BCUT2D eigenvalue weighted by atomic mass is 19.1. The molecule has 0 aliphatic carbocycles. The monoisotopic (exact) mass is 475 g/mol. The highest BCUT2D eigenvalue weighted by Crippen LogP contribution is 2.22. The number of hydrogen-bond donors (Lipinski definition) is 2. The lowest BCUT2D eigenvalue weighted by Crippen LogP contribution is -2.24. The van der Waals surface area contributed by atoms with E-state index in [0.29, 0.717) is 17.0 Å². The maximum absolute atomic E-state index is 13.7. The van der Waals surface area contributed by atoms with Gasteiger partial charge in [-0.2, -0.15) is 5.10 Å². The number of nitrogens with zero attached hydrogens (tertiary/aromatic N) is 3. The van der Waals surface area contributed by atoms with Crippen LogP contribution in [0, 0.1) is 18.7 Å². The van der Waals surface area contributed by atoms with Crippen LogP contribution in [0.3, 0.4) is 0 Å². The maximum atomic E-state index is 13.7. The molecule has 2 N–H and O–H groups in total. The highest BCUT2D eigenvalue weighted by Gasteiger charge is 2.15. The topological polar surface area (TPSA) is 63.9 Å². The summed E-state index contributed by atoms with van der Waals surface area (Å²) in [5.74, 6) is -0.145. The van der Waals surface area contributed by atoms with Gasteiger partial charge in [0.05, 0.1) is 11.4 Å². The van der Waals surface area contributed by atoms with Crippen molar-refractivity contribution < 1.29 is 9.18 Å². The fourth-order valence-electron chi connectivity index (χ4n) is 4.62. The lowest BCUT2D eigenvalue weighted by Gasteiger charge is -2.19. The van der Waals surface area contributed by atoms with E-state index in [2.05, 4.69) is 23.4 Å². The van der Waals surface area contributed by atoms with Crippen LogP contribution in [-0.2, 0) is 6.42 Å². The number of aromatic nitrogens is 3. The van der Waals surface area contributed by atoms with E-state index in [-0.39, 0.29) is 5.91 Å². The minimum Gasteiger partial charge on any atom is -0.317 e. The number of rotatable bonds is 7. The van der Waals surface area contributed by atoms with Gasteiger partial charge in [0.15, 0.2) is 0 Å². The molecule has 0 radical (unpaired) electrons. The van der Waals surface area contributed by atoms with Crippen LogP contribution in [0.5, 0.6) is 0 Å². The first-order valence-electron chi connectivity index (χ1n) is 12.3. The summed E-state index contributed by atoms with van der Waals surface area (Å²) >= 11 is 0. The number of carbonyl (C=O) groups excluding carboxylic acids is 1. The van der Waals surface area contributed by atoms with Crippen molar-refractivity contribution in [3.63, 3.8) is 0 Å². The predicted octanol–water partition coefficient (Wildman–Crippen LogP) is 5.50. The Morgan fingerprint density at radius 3 is 2.74 bits per heavy atom. The molecule has 1 aliphatic rings. The number of benzene rings is 1. The zero-order valence-corrected chi connectivity index (χ0v) is 20.6. The van der Waals surface area contributed by atoms with Gasteiger partial charge in [0.25, 0.3) is 5.91 Å². The molecule has 1 fully saturated rings. The van der Waals surface area contributed by atoms with E-state index in [1.807, 2.05) is 29.9 Å². The van der Waals surface area contributed by atoms with Crippen molar-refractivity contribution in [2.24, 2.45) is 5.92 Å². The van der Waals surface area contributed by atoms with Crippen molar-refractivity contribution in [1.29, 1.82) is 0 Å². The van der Waals surface area contributed by atoms with Crippen LogP contribution < -0.4 is 10.7 Å². The van der Waals surface area contributed by atoms with Gasteiger partial charge in [-0.1, -0.05) is 18.7 Å². The number of allylic oxidation sites excluding steroid dienone is 1. The fraction of sp³-hybridized carbons (Fsp3) is 0.357. The Hall–Kier alpha value is -3.45. The van der Waals surface area contributed by atoms with E-state index in [0.717, 1.165) is 42.2 Å². The molecule has 6 nitrogen and oxygen atoms in total. The van der Waals surface area contributed by atoms with Gasteiger partial charge in [-0.05, 0) is 101 Å². The van der Waals surface area contributed by atoms with Crippen molar-refractivity contribution in [2.75, 3.05) is 18.5 Å². The van der Waals surface area contributed by atoms with Gasteiger partial charge >= 0.3 is 0 Å². The Morgan fingerprint density at radius 2 is 2.00 bits per heavy atom. The lowest BCUT2D eigenvalue weighted by atomic mass is 9.92. The largest absolute Gasteiger partial charge is 0.317 e. The predicted molar refractivity (Wildman–Crippen MR) is 140 cm³/mol. The molecule has 0 atom stereocenters. The molecule has 1 amide bonds. The van der Waals surface area contributed by atoms with Gasteiger partial charge < -0.3 is 5.32 Å². The molecule has 1 saturated heterocycles. The van der Waals surface area contributed by atoms with Gasteiger partial charge in [0, 0.05) is 29.2 Å². The quantitative estimate of drug-likeness (QED) is 0.474. The second kappa shape index (κ2) is 11.3. The third kappa shape index (κ3) is 6.17. The standard InChI is InChI=1S/C28H34FN5O/c1-4-23-11-15-34(32-28(35)26-19-24(29)10-9-20(26)2)27(23)17-21(3)33-16-12-25(31-33)18-22-7-5-13-30-14-6-8-22/h4,9-12,15-17,19,22,30H,1,5-8,13-14,18H2,2-3H3,(H,32,35). The van der Waals surface area contributed by atoms with Crippen molar-refractivity contribution in [2.45, 2.75) is 46.0 Å². The molecule has 3 heterocycles. The molecule has 4 rings (SSSR count). The average Bonchev–Trinajstić information content (AvgIpc) is 3.44. The second-order valence-corrected chi connectivity index (χ2v) is 9.27. The first kappa shape index (κ1) is 24.7. The Bertz CT molecular complexity index is 1210. The Labute approximate surface area is 206 Å². The van der Waals surface area contributed by atoms with E-state index in [1.54, 1.807) is 29.9 Å². The summed E-state index contributed by atoms with van der Waals surface area (Å²) in [4.78, 5) is 12.9. The summed E-state index contributed by atoms with van der Waals surface area (Å²) in [6, 6.07) is 8.17. The summed E-state index contributed by atoms with van der Waals surface area (Å²) in [6.45, 7) is 9.88. The van der Waals surface area contributed by atoms with Crippen molar-refractivity contribution >= 4 is 23.8 Å². The van der Waals surface area contributed by atoms with Crippen molar-refractivity contribution in [3.05, 3.63) is 83.2 Å². The summed E-state index contributed by atoms with van der Waals surface area (Å²) in [7, 11) is 0. The highest BCUT2D eigenvalue weighted by molar-refractivity contribution is 6.01. The minimum absolute atomic E-state index is 0.298. The molecule has 184 valence electrons. The molecule has 0 saturated carbocycles. The number of hydrogen-bond acceptors (Lipinski definition) is 3. The molecular weight excluding hydrogens is 441 g/mol. The van der Waals surface area contributed by atoms with Crippen LogP contribution in [-0.4, -0.2) is 33.5 Å². The Morgan fingerprint density at radius 1 is 1.23 bits per heavy atom. The third-order valence-corrected chi connectivity index (χ3v) is 6.63. The van der Waals surface area contributed by atoms with E-state index in [9.17, 15) is 9.18 Å². The average molecular weight is 476 g/mol. The molecule has 0 unspecified atom stereocenters. The Kier molecular flexibility index (Phi) is 7.98. The molecule has 35 heavy (non-hydrogen) atoms. The van der Waals surface area contributed by atoms with E-state index in [4.69, 9.17) is 5.10 Å². The van der Waals surface area contributed by atoms with Crippen LogP contribution >= 0.6 is 0 Å². The zero-order valence-electron chi connectivity index (χ0n) is 20.6. The molecule has 7 heteroatoms. The van der Waals surface area contributed by atoms with Gasteiger partial charge in [-0.15, -0.1) is 0 Å². The lowest BCUT2D eigenvalue weighted by molar-refractivity contribution is 0.101. The minimum atomic E-state index is -0.443. The van der Waals surface area contributed by atoms with E-state index in [1.165, 1.54) is 37.8 Å². The number of amides is 1. The number of aryl methyl sites for hydroxylation is 1.